The third kappa shape index (κ3) is 4.47. The smallest absolute Gasteiger partial charge is 0.271 e. The lowest BCUT2D eigenvalue weighted by Gasteiger charge is -2.33. The first-order valence-electron chi connectivity index (χ1n) is 10.2. The molecule has 3 heterocycles. The number of nitro groups is 1. The number of nitrogens with one attached hydrogen (secondary N) is 2. The molecular formula is C23H15ClIN7O3. The molecule has 5 rings (SSSR count). The van der Waals surface area contributed by atoms with Crippen molar-refractivity contribution in [2.45, 2.75) is 4.05 Å². The second-order valence-corrected chi connectivity index (χ2v) is 9.09. The number of hydrazine groups is 1. The van der Waals surface area contributed by atoms with Gasteiger partial charge in [0.25, 0.3) is 11.6 Å². The molecule has 0 spiro atoms. The van der Waals surface area contributed by atoms with Gasteiger partial charge in [-0.1, -0.05) is 35.9 Å². The monoisotopic (exact) mass is 599 g/mol. The van der Waals surface area contributed by atoms with E-state index >= 15 is 0 Å². The van der Waals surface area contributed by atoms with Crippen LogP contribution in [-0.2, 0) is 0 Å². The van der Waals surface area contributed by atoms with Gasteiger partial charge >= 0.3 is 0 Å². The Labute approximate surface area is 217 Å². The number of halogens is 2. The van der Waals surface area contributed by atoms with Crippen molar-refractivity contribution in [3.05, 3.63) is 105 Å². The van der Waals surface area contributed by atoms with Crippen LogP contribution in [0.3, 0.4) is 0 Å². The molecule has 12 heteroatoms. The van der Waals surface area contributed by atoms with Gasteiger partial charge in [0.05, 0.1) is 16.2 Å². The number of non-ortho nitro benzene ring substituents is 1. The number of amidine groups is 1. The van der Waals surface area contributed by atoms with Crippen LogP contribution in [0.1, 0.15) is 25.7 Å². The van der Waals surface area contributed by atoms with Gasteiger partial charge in [-0.05, 0) is 46.9 Å². The standard InChI is InChI=1S/C23H15ClIN7O3/c24-16-7-1-4-13(10-16)18-19-20(29-28-18)21(25)31(30-23(33)15-6-3-9-26-12-15)22(27-19)14-5-2-8-17(11-14)32(34)35/h1-12,21H,(H,28,29)(H,30,33). The van der Waals surface area contributed by atoms with E-state index < -0.39 is 14.9 Å². The molecule has 2 aromatic carbocycles. The predicted molar refractivity (Wildman–Crippen MR) is 139 cm³/mol. The SMILES string of the molecule is O=C(NN1C(c2cccc([N+](=O)[O-])c2)=Nc2c(-c3cccc(Cl)c3)n[nH]c2C1I)c1cccnc1. The maximum Gasteiger partial charge on any atom is 0.271 e. The maximum absolute atomic E-state index is 13.0. The summed E-state index contributed by atoms with van der Waals surface area (Å²) < 4.78 is -0.463. The number of fused-ring (bicyclic) bond motifs is 1. The number of nitro benzene ring substituents is 1. The Morgan fingerprint density at radius 3 is 2.69 bits per heavy atom. The van der Waals surface area contributed by atoms with Crippen molar-refractivity contribution in [1.82, 2.24) is 25.6 Å². The fourth-order valence-electron chi connectivity index (χ4n) is 3.60. The summed E-state index contributed by atoms with van der Waals surface area (Å²) in [4.78, 5) is 32.7. The van der Waals surface area contributed by atoms with Gasteiger partial charge in [-0.15, -0.1) is 0 Å². The number of hydrogen-bond donors (Lipinski definition) is 2. The van der Waals surface area contributed by atoms with Crippen molar-refractivity contribution in [1.29, 1.82) is 0 Å². The van der Waals surface area contributed by atoms with Crippen molar-refractivity contribution < 1.29 is 9.72 Å². The van der Waals surface area contributed by atoms with Crippen molar-refractivity contribution in [2.24, 2.45) is 4.99 Å². The van der Waals surface area contributed by atoms with Crippen LogP contribution >= 0.6 is 34.2 Å². The third-order valence-electron chi connectivity index (χ3n) is 5.24. The van der Waals surface area contributed by atoms with Crippen LogP contribution in [0.15, 0.2) is 78.0 Å². The van der Waals surface area contributed by atoms with E-state index in [1.807, 2.05) is 12.1 Å². The first-order valence-corrected chi connectivity index (χ1v) is 11.9. The number of amides is 1. The van der Waals surface area contributed by atoms with E-state index in [4.69, 9.17) is 16.6 Å². The zero-order chi connectivity index (χ0) is 24.5. The molecule has 1 unspecified atom stereocenters. The molecule has 10 nitrogen and oxygen atoms in total. The minimum atomic E-state index is -0.479. The summed E-state index contributed by atoms with van der Waals surface area (Å²) in [7, 11) is 0. The van der Waals surface area contributed by atoms with Gasteiger partial charge in [0.1, 0.15) is 15.4 Å². The van der Waals surface area contributed by atoms with Crippen molar-refractivity contribution in [2.75, 3.05) is 0 Å². The highest BCUT2D eigenvalue weighted by Gasteiger charge is 2.35. The van der Waals surface area contributed by atoms with Crippen LogP contribution in [0.5, 0.6) is 0 Å². The van der Waals surface area contributed by atoms with Gasteiger partial charge in [-0.2, -0.15) is 5.10 Å². The summed E-state index contributed by atoms with van der Waals surface area (Å²) in [6.07, 6.45) is 3.02. The number of carbonyl (C=O) groups is 1. The van der Waals surface area contributed by atoms with Gasteiger partial charge < -0.3 is 0 Å². The highest BCUT2D eigenvalue weighted by Crippen LogP contribution is 2.43. The number of alkyl halides is 1. The lowest BCUT2D eigenvalue weighted by atomic mass is 10.1. The summed E-state index contributed by atoms with van der Waals surface area (Å²) in [6.45, 7) is 0. The minimum absolute atomic E-state index is 0.0956. The summed E-state index contributed by atoms with van der Waals surface area (Å²) in [6, 6.07) is 16.6. The quantitative estimate of drug-likeness (QED) is 0.107. The Morgan fingerprint density at radius 1 is 1.14 bits per heavy atom. The molecule has 0 bridgehead atoms. The van der Waals surface area contributed by atoms with E-state index in [2.05, 4.69) is 43.2 Å². The number of aromatic nitrogens is 3. The van der Waals surface area contributed by atoms with E-state index in [1.54, 1.807) is 47.6 Å². The zero-order valence-corrected chi connectivity index (χ0v) is 20.6. The molecule has 2 N–H and O–H groups in total. The molecule has 0 saturated heterocycles. The maximum atomic E-state index is 13.0. The average molecular weight is 600 g/mol. The molecular weight excluding hydrogens is 585 g/mol. The minimum Gasteiger partial charge on any atom is -0.277 e. The molecule has 2 aromatic heterocycles. The molecule has 1 amide bonds. The van der Waals surface area contributed by atoms with E-state index in [-0.39, 0.29) is 5.69 Å². The number of rotatable bonds is 5. The van der Waals surface area contributed by atoms with Crippen LogP contribution in [0.4, 0.5) is 11.4 Å². The van der Waals surface area contributed by atoms with E-state index in [0.717, 1.165) is 5.56 Å². The van der Waals surface area contributed by atoms with Crippen LogP contribution in [0.25, 0.3) is 11.3 Å². The molecule has 35 heavy (non-hydrogen) atoms. The number of aromatic amines is 1. The highest BCUT2D eigenvalue weighted by molar-refractivity contribution is 14.1. The molecule has 0 aliphatic carbocycles. The van der Waals surface area contributed by atoms with Crippen molar-refractivity contribution in [3.8, 4) is 11.3 Å². The molecule has 0 radical (unpaired) electrons. The fraction of sp³-hybridized carbons (Fsp3) is 0.0435. The van der Waals surface area contributed by atoms with E-state index in [0.29, 0.717) is 39.1 Å². The molecule has 0 fully saturated rings. The van der Waals surface area contributed by atoms with Crippen molar-refractivity contribution >= 4 is 57.3 Å². The lowest BCUT2D eigenvalue weighted by molar-refractivity contribution is -0.384. The van der Waals surface area contributed by atoms with Gasteiger partial charge in [-0.3, -0.25) is 30.4 Å². The second-order valence-electron chi connectivity index (χ2n) is 7.48. The van der Waals surface area contributed by atoms with Gasteiger partial charge in [-0.25, -0.2) is 10.0 Å². The predicted octanol–water partition coefficient (Wildman–Crippen LogP) is 5.21. The average Bonchev–Trinajstić information content (AvgIpc) is 3.30. The Morgan fingerprint density at radius 2 is 1.94 bits per heavy atom. The zero-order valence-electron chi connectivity index (χ0n) is 17.7. The Bertz CT molecular complexity index is 1470. The summed E-state index contributed by atoms with van der Waals surface area (Å²) in [5, 5.41) is 21.0. The number of hydrogen-bond acceptors (Lipinski definition) is 7. The third-order valence-corrected chi connectivity index (χ3v) is 6.65. The number of carbonyl (C=O) groups excluding carboxylic acids is 1. The lowest BCUT2D eigenvalue weighted by Crippen LogP contribution is -2.48. The van der Waals surface area contributed by atoms with Gasteiger partial charge in [0, 0.05) is 40.7 Å². The van der Waals surface area contributed by atoms with Crippen LogP contribution in [0, 0.1) is 10.1 Å². The number of pyridine rings is 1. The molecule has 1 aliphatic heterocycles. The van der Waals surface area contributed by atoms with Crippen LogP contribution in [-0.4, -0.2) is 36.9 Å². The topological polar surface area (TPSA) is 129 Å². The number of nitrogens with zero attached hydrogens (tertiary/aromatic N) is 5. The number of benzene rings is 2. The first-order chi connectivity index (χ1) is 16.9. The van der Waals surface area contributed by atoms with Crippen LogP contribution in [0.2, 0.25) is 5.02 Å². The van der Waals surface area contributed by atoms with Gasteiger partial charge in [0.2, 0.25) is 0 Å². The van der Waals surface area contributed by atoms with E-state index in [9.17, 15) is 14.9 Å². The van der Waals surface area contributed by atoms with Gasteiger partial charge in [0.15, 0.2) is 5.84 Å². The van der Waals surface area contributed by atoms with Crippen molar-refractivity contribution in [3.63, 3.8) is 0 Å². The largest absolute Gasteiger partial charge is 0.277 e. The molecule has 174 valence electrons. The summed E-state index contributed by atoms with van der Waals surface area (Å²) >= 11 is 8.33. The van der Waals surface area contributed by atoms with E-state index in [1.165, 1.54) is 18.3 Å². The normalized spacial score (nSPS) is 14.7. The molecule has 0 saturated carbocycles. The highest BCUT2D eigenvalue weighted by atomic mass is 127. The summed E-state index contributed by atoms with van der Waals surface area (Å²) in [5.74, 6) is -0.0848. The Balaban J connectivity index is 1.64. The Kier molecular flexibility index (Phi) is 6.17. The number of H-pyrrole nitrogens is 1. The van der Waals surface area contributed by atoms with Crippen LogP contribution < -0.4 is 5.43 Å². The fourth-order valence-corrected chi connectivity index (χ4v) is 4.63. The molecule has 1 aliphatic rings. The number of aliphatic imine (C=N–C) groups is 1. The molecule has 4 aromatic rings. The second kappa shape index (κ2) is 9.43. The molecule has 1 atom stereocenters. The summed E-state index contributed by atoms with van der Waals surface area (Å²) in [5.41, 5.74) is 6.11. The Hall–Kier alpha value is -3.84. The first kappa shape index (κ1) is 22.9.